The van der Waals surface area contributed by atoms with Gasteiger partial charge in [0.15, 0.2) is 0 Å². The molecule has 0 atom stereocenters. The lowest BCUT2D eigenvalue weighted by Crippen LogP contribution is -2.08. The number of hydrogen-bond donors (Lipinski definition) is 7. The van der Waals surface area contributed by atoms with Gasteiger partial charge in [-0.15, -0.1) is 0 Å². The number of rotatable bonds is 10. The van der Waals surface area contributed by atoms with Crippen molar-refractivity contribution >= 4 is 92.8 Å². The summed E-state index contributed by atoms with van der Waals surface area (Å²) >= 11 is 0. The highest BCUT2D eigenvalue weighted by molar-refractivity contribution is 7.87. The van der Waals surface area contributed by atoms with Crippen LogP contribution in [0.1, 0.15) is 10.4 Å². The van der Waals surface area contributed by atoms with Gasteiger partial charge < -0.3 is 21.1 Å². The second kappa shape index (κ2) is 12.6. The molecule has 0 radical (unpaired) electrons. The molecule has 0 saturated carbocycles. The summed E-state index contributed by atoms with van der Waals surface area (Å²) in [7, 11) is -14.3. The van der Waals surface area contributed by atoms with Crippen LogP contribution in [0.2, 0.25) is 0 Å². The second-order valence-electron chi connectivity index (χ2n) is 10.5. The number of carboxylic acid groups (broad SMARTS) is 1. The molecule has 0 fully saturated rings. The maximum atomic E-state index is 12.0. The number of benzene rings is 5. The first-order valence-corrected chi connectivity index (χ1v) is 18.2. The molecule has 17 nitrogen and oxygen atoms in total. The highest BCUT2D eigenvalue weighted by Gasteiger charge is 2.21. The maximum absolute atomic E-state index is 12.0. The minimum absolute atomic E-state index is 0.00227. The van der Waals surface area contributed by atoms with E-state index in [9.17, 15) is 48.8 Å². The molecule has 0 unspecified atom stereocenters. The van der Waals surface area contributed by atoms with Gasteiger partial charge in [0.05, 0.1) is 10.5 Å². The summed E-state index contributed by atoms with van der Waals surface area (Å²) in [6, 6.07) is 20.2. The summed E-state index contributed by atoms with van der Waals surface area (Å²) < 4.78 is 100. The van der Waals surface area contributed by atoms with E-state index in [1.807, 2.05) is 0 Å². The molecule has 6 aromatic rings. The number of hydrogen-bond acceptors (Lipinski definition) is 13. The number of carbonyl (C=O) groups is 1. The number of fused-ring (bicyclic) bond motifs is 2. The minimum atomic E-state index is -4.91. The molecule has 0 aliphatic rings. The number of anilines is 6. The predicted molar refractivity (Wildman–Crippen MR) is 180 cm³/mol. The molecule has 0 amide bonds. The fourth-order valence-electron chi connectivity index (χ4n) is 4.93. The monoisotopic (exact) mass is 738 g/mol. The van der Waals surface area contributed by atoms with Crippen LogP contribution in [0.5, 0.6) is 0 Å². The van der Waals surface area contributed by atoms with Crippen molar-refractivity contribution in [3.05, 3.63) is 96.6 Å². The molecule has 0 saturated heterocycles. The zero-order valence-corrected chi connectivity index (χ0v) is 27.3. The van der Waals surface area contributed by atoms with Crippen LogP contribution in [0.15, 0.2) is 106 Å². The number of carboxylic acids is 1. The average Bonchev–Trinajstić information content (AvgIpc) is 3.02. The Labute approximate surface area is 282 Å². The van der Waals surface area contributed by atoms with Gasteiger partial charge in [0.2, 0.25) is 17.8 Å². The van der Waals surface area contributed by atoms with Crippen molar-refractivity contribution in [1.29, 1.82) is 0 Å². The van der Waals surface area contributed by atoms with Crippen molar-refractivity contribution in [3.63, 3.8) is 0 Å². The Kier molecular flexibility index (Phi) is 8.59. The maximum Gasteiger partial charge on any atom is 0.335 e. The topological polar surface area (TPSA) is 275 Å². The lowest BCUT2D eigenvalue weighted by atomic mass is 10.1. The van der Waals surface area contributed by atoms with Gasteiger partial charge >= 0.3 is 5.97 Å². The van der Waals surface area contributed by atoms with E-state index < -0.39 is 46.1 Å². The van der Waals surface area contributed by atoms with Gasteiger partial charge in [-0.3, -0.25) is 13.7 Å². The third-order valence-electron chi connectivity index (χ3n) is 7.12. The first kappa shape index (κ1) is 34.1. The van der Waals surface area contributed by atoms with E-state index in [2.05, 4.69) is 30.9 Å². The van der Waals surface area contributed by atoms with Gasteiger partial charge in [-0.2, -0.15) is 40.2 Å². The summed E-state index contributed by atoms with van der Waals surface area (Å²) in [6.07, 6.45) is 0. The van der Waals surface area contributed by atoms with Crippen LogP contribution in [0, 0.1) is 0 Å². The van der Waals surface area contributed by atoms with E-state index in [0.29, 0.717) is 22.8 Å². The molecule has 50 heavy (non-hydrogen) atoms. The largest absolute Gasteiger partial charge is 0.478 e. The number of nitrogens with zero attached hydrogens (tertiary/aromatic N) is 3. The Morgan fingerprint density at radius 1 is 0.520 bits per heavy atom. The SMILES string of the molecule is O=C(O)c1ccc(Nc2nc(Nc3ccc4c(S(=O)(=O)O)cccc4c3)nc(Nc3ccc4c(S(=O)(=O)O)cc(S(=O)(=O)O)cc4c3)n2)cc1. The number of nitrogens with one attached hydrogen (secondary N) is 3. The minimum Gasteiger partial charge on any atom is -0.478 e. The van der Waals surface area contributed by atoms with Gasteiger partial charge in [0.1, 0.15) is 9.79 Å². The molecule has 0 bridgehead atoms. The fourth-order valence-corrected chi connectivity index (χ4v) is 7.00. The van der Waals surface area contributed by atoms with Crippen molar-refractivity contribution in [3.8, 4) is 0 Å². The Balaban J connectivity index is 1.40. The standard InChI is InChI=1S/C30H22N6O11S3/c37-27(38)16-4-6-19(7-5-16)31-28-34-29(32-20-8-10-23-17(12-20)2-1-3-25(23)49(42,43)44)36-30(35-28)33-21-9-11-24-18(13-21)14-22(48(39,40)41)15-26(24)50(45,46)47/h1-15H,(H,37,38)(H,39,40,41)(H,42,43,44)(H,45,46,47)(H3,31,32,33,34,35,36). The van der Waals surface area contributed by atoms with Crippen molar-refractivity contribution in [2.75, 3.05) is 16.0 Å². The highest BCUT2D eigenvalue weighted by atomic mass is 32.2. The van der Waals surface area contributed by atoms with Crippen LogP contribution in [0.25, 0.3) is 21.5 Å². The molecule has 0 aliphatic heterocycles. The van der Waals surface area contributed by atoms with Gasteiger partial charge in [0.25, 0.3) is 30.4 Å². The summed E-state index contributed by atoms with van der Waals surface area (Å²) in [5, 5.41) is 18.7. The van der Waals surface area contributed by atoms with E-state index in [4.69, 9.17) is 0 Å². The Hall–Kier alpha value is -5.77. The van der Waals surface area contributed by atoms with Gasteiger partial charge in [-0.1, -0.05) is 24.3 Å². The zero-order valence-electron chi connectivity index (χ0n) is 24.9. The molecule has 5 aromatic carbocycles. The first-order valence-electron chi connectivity index (χ1n) is 13.9. The van der Waals surface area contributed by atoms with Crippen LogP contribution in [-0.4, -0.2) is 64.9 Å². The Morgan fingerprint density at radius 3 is 1.50 bits per heavy atom. The molecule has 256 valence electrons. The molecule has 1 aromatic heterocycles. The van der Waals surface area contributed by atoms with Crippen molar-refractivity contribution in [2.45, 2.75) is 14.7 Å². The van der Waals surface area contributed by atoms with Crippen LogP contribution in [0.3, 0.4) is 0 Å². The quantitative estimate of drug-likeness (QED) is 0.0925. The first-order chi connectivity index (χ1) is 23.4. The van der Waals surface area contributed by atoms with Crippen LogP contribution >= 0.6 is 0 Å². The van der Waals surface area contributed by atoms with Crippen LogP contribution in [-0.2, 0) is 30.4 Å². The van der Waals surface area contributed by atoms with E-state index in [1.54, 1.807) is 12.1 Å². The summed E-state index contributed by atoms with van der Waals surface area (Å²) in [4.78, 5) is 22.5. The molecule has 20 heteroatoms. The van der Waals surface area contributed by atoms with E-state index in [-0.39, 0.29) is 50.2 Å². The van der Waals surface area contributed by atoms with Crippen LogP contribution < -0.4 is 16.0 Å². The van der Waals surface area contributed by atoms with E-state index in [1.165, 1.54) is 66.7 Å². The third-order valence-corrected chi connectivity index (χ3v) is 9.75. The van der Waals surface area contributed by atoms with Gasteiger partial charge in [0, 0.05) is 27.8 Å². The lowest BCUT2D eigenvalue weighted by molar-refractivity contribution is 0.0696. The lowest BCUT2D eigenvalue weighted by Gasteiger charge is -2.13. The van der Waals surface area contributed by atoms with Gasteiger partial charge in [-0.25, -0.2) is 4.79 Å². The third kappa shape index (κ3) is 7.44. The average molecular weight is 739 g/mol. The summed E-state index contributed by atoms with van der Waals surface area (Å²) in [5.74, 6) is -1.30. The smallest absolute Gasteiger partial charge is 0.335 e. The molecular weight excluding hydrogens is 717 g/mol. The number of aromatic carboxylic acids is 1. The molecule has 1 heterocycles. The molecule has 6 rings (SSSR count). The second-order valence-corrected chi connectivity index (χ2v) is 14.7. The van der Waals surface area contributed by atoms with E-state index in [0.717, 1.165) is 6.07 Å². The van der Waals surface area contributed by atoms with Crippen molar-refractivity contribution in [1.82, 2.24) is 15.0 Å². The zero-order chi connectivity index (χ0) is 36.0. The molecule has 0 spiro atoms. The molecular formula is C30H22N6O11S3. The molecule has 0 aliphatic carbocycles. The van der Waals surface area contributed by atoms with Crippen molar-refractivity contribution in [2.24, 2.45) is 0 Å². The summed E-state index contributed by atoms with van der Waals surface area (Å²) in [5.41, 5.74) is 1.06. The summed E-state index contributed by atoms with van der Waals surface area (Å²) in [6.45, 7) is 0. The normalized spacial score (nSPS) is 12.1. The number of aromatic nitrogens is 3. The Bertz CT molecular complexity index is 2690. The van der Waals surface area contributed by atoms with E-state index >= 15 is 0 Å². The fraction of sp³-hybridized carbons (Fsp3) is 0. The predicted octanol–water partition coefficient (Wildman–Crippen LogP) is 4.85. The van der Waals surface area contributed by atoms with Crippen molar-refractivity contribution < 1.29 is 48.8 Å². The Morgan fingerprint density at radius 2 is 1.00 bits per heavy atom. The van der Waals surface area contributed by atoms with Gasteiger partial charge in [-0.05, 0) is 77.5 Å². The highest BCUT2D eigenvalue weighted by Crippen LogP contribution is 2.31. The molecule has 7 N–H and O–H groups in total. The van der Waals surface area contributed by atoms with Crippen LogP contribution in [0.4, 0.5) is 34.9 Å².